The number of hydrogen-bond donors (Lipinski definition) is 5. The number of imide groups is 1. The molecule has 46 heavy (non-hydrogen) atoms. The van der Waals surface area contributed by atoms with Crippen LogP contribution >= 0.6 is 11.8 Å². The van der Waals surface area contributed by atoms with Crippen molar-refractivity contribution in [3.05, 3.63) is 29.8 Å². The number of nitrogens with one attached hydrogen (secondary N) is 4. The molecule has 0 aromatic heterocycles. The molecule has 1 fully saturated rings. The lowest BCUT2D eigenvalue weighted by Crippen LogP contribution is -2.51. The van der Waals surface area contributed by atoms with Gasteiger partial charge in [0.2, 0.25) is 29.5 Å². The molecule has 6 N–H and O–H groups in total. The maximum atomic E-state index is 12.7. The lowest BCUT2D eigenvalue weighted by molar-refractivity contribution is -0.142. The minimum atomic E-state index is -0.797. The number of unbranched alkanes of at least 4 members (excludes halogenated alkanes) is 2. The van der Waals surface area contributed by atoms with E-state index in [4.69, 9.17) is 10.5 Å². The van der Waals surface area contributed by atoms with Gasteiger partial charge in [0, 0.05) is 38.5 Å². The number of hydrogen-bond acceptors (Lipinski definition) is 9. The van der Waals surface area contributed by atoms with Crippen LogP contribution in [-0.4, -0.2) is 83.6 Å². The van der Waals surface area contributed by atoms with Gasteiger partial charge >= 0.3 is 12.0 Å². The lowest BCUT2D eigenvalue weighted by Gasteiger charge is -2.21. The number of benzene rings is 1. The molecule has 1 heterocycles. The van der Waals surface area contributed by atoms with E-state index in [0.717, 1.165) is 12.0 Å². The molecule has 1 saturated heterocycles. The van der Waals surface area contributed by atoms with E-state index in [9.17, 15) is 33.6 Å². The summed E-state index contributed by atoms with van der Waals surface area (Å²) in [5.74, 6) is -2.03. The predicted octanol–water partition coefficient (Wildman–Crippen LogP) is 2.06. The van der Waals surface area contributed by atoms with E-state index in [1.165, 1.54) is 23.6 Å². The van der Waals surface area contributed by atoms with Crippen molar-refractivity contribution in [3.8, 4) is 0 Å². The highest BCUT2D eigenvalue weighted by Crippen LogP contribution is 2.23. The largest absolute Gasteiger partial charge is 0.461 e. The monoisotopic (exact) mass is 664 g/mol. The first-order chi connectivity index (χ1) is 21.8. The number of nitrogens with zero attached hydrogens (tertiary/aromatic N) is 1. The van der Waals surface area contributed by atoms with Gasteiger partial charge < -0.3 is 31.7 Å². The minimum Gasteiger partial charge on any atom is -0.461 e. The Morgan fingerprint density at radius 2 is 1.70 bits per heavy atom. The second-order valence-electron chi connectivity index (χ2n) is 10.9. The van der Waals surface area contributed by atoms with Crippen molar-refractivity contribution in [2.45, 2.75) is 84.1 Å². The standard InChI is InChI=1S/C27H38N4O7S.C4H10N2O/c1-17(2)25(30-22(33)8-6-5-7-13-31-24(35)14-21(39-4)27(31)37)26(36)28-15-23(34)29-20-11-9-19(10-12-20)16-38-18(3)32;1-2-3-6-4(5)7/h9-12,17,21,25H,5-8,13-16H2,1-4H3,(H,28,36)(H,29,34)(H,30,33);2-3H2,1H3,(H3,5,6,7). The van der Waals surface area contributed by atoms with Crippen molar-refractivity contribution in [1.29, 1.82) is 0 Å². The lowest BCUT2D eigenvalue weighted by atomic mass is 10.0. The van der Waals surface area contributed by atoms with Gasteiger partial charge in [0.1, 0.15) is 12.6 Å². The van der Waals surface area contributed by atoms with Gasteiger partial charge in [-0.25, -0.2) is 4.79 Å². The molecule has 14 nitrogen and oxygen atoms in total. The molecule has 0 spiro atoms. The summed E-state index contributed by atoms with van der Waals surface area (Å²) in [6, 6.07) is 5.52. The number of amides is 7. The van der Waals surface area contributed by atoms with Crippen LogP contribution in [0.1, 0.15) is 71.8 Å². The van der Waals surface area contributed by atoms with Crippen LogP contribution in [0.3, 0.4) is 0 Å². The van der Waals surface area contributed by atoms with Crippen LogP contribution in [0.2, 0.25) is 0 Å². The topological polar surface area (TPSA) is 206 Å². The van der Waals surface area contributed by atoms with Gasteiger partial charge in [-0.3, -0.25) is 33.7 Å². The molecule has 0 aliphatic carbocycles. The number of urea groups is 1. The SMILES string of the molecule is CCCNC(N)=O.CSC1CC(=O)N(CCCCCC(=O)NC(C(=O)NCC(=O)Nc2ccc(COC(C)=O)cc2)C(C)C)C1=O. The summed E-state index contributed by atoms with van der Waals surface area (Å²) in [5, 5.41) is 10.1. The fourth-order valence-corrected chi connectivity index (χ4v) is 4.82. The van der Waals surface area contributed by atoms with Crippen LogP contribution in [0, 0.1) is 5.92 Å². The summed E-state index contributed by atoms with van der Waals surface area (Å²) in [6.07, 6.45) is 5.04. The molecule has 2 atom stereocenters. The summed E-state index contributed by atoms with van der Waals surface area (Å²) in [7, 11) is 0. The Hall–Kier alpha value is -4.14. The molecule has 1 aromatic rings. The van der Waals surface area contributed by atoms with Crippen LogP contribution in [0.4, 0.5) is 10.5 Å². The highest BCUT2D eigenvalue weighted by atomic mass is 32.2. The molecule has 1 aromatic carbocycles. The summed E-state index contributed by atoms with van der Waals surface area (Å²) < 4.78 is 4.92. The van der Waals surface area contributed by atoms with E-state index in [-0.39, 0.29) is 60.9 Å². The third-order valence-electron chi connectivity index (χ3n) is 6.69. The van der Waals surface area contributed by atoms with E-state index >= 15 is 0 Å². The first kappa shape index (κ1) is 39.9. The molecule has 1 aliphatic rings. The van der Waals surface area contributed by atoms with Crippen LogP contribution in [0.15, 0.2) is 24.3 Å². The molecule has 256 valence electrons. The molecule has 15 heteroatoms. The molecular weight excluding hydrogens is 616 g/mol. The Morgan fingerprint density at radius 1 is 1.02 bits per heavy atom. The number of thioether (sulfide) groups is 1. The normalized spacial score (nSPS) is 14.6. The number of ether oxygens (including phenoxy) is 1. The van der Waals surface area contributed by atoms with Crippen LogP contribution < -0.4 is 27.0 Å². The van der Waals surface area contributed by atoms with E-state index in [2.05, 4.69) is 21.3 Å². The molecule has 0 bridgehead atoms. The van der Waals surface area contributed by atoms with Crippen molar-refractivity contribution >= 4 is 59.0 Å². The number of nitrogens with two attached hydrogens (primary N) is 1. The van der Waals surface area contributed by atoms with Gasteiger partial charge in [-0.15, -0.1) is 0 Å². The second-order valence-corrected chi connectivity index (χ2v) is 12.0. The van der Waals surface area contributed by atoms with Crippen molar-refractivity contribution in [3.63, 3.8) is 0 Å². The Bertz CT molecular complexity index is 1190. The zero-order chi connectivity index (χ0) is 34.6. The van der Waals surface area contributed by atoms with Crippen molar-refractivity contribution in [2.24, 2.45) is 11.7 Å². The number of primary amides is 1. The van der Waals surface area contributed by atoms with E-state index in [1.807, 2.05) is 13.2 Å². The smallest absolute Gasteiger partial charge is 0.312 e. The van der Waals surface area contributed by atoms with Gasteiger partial charge in [-0.1, -0.05) is 39.3 Å². The number of likely N-dealkylation sites (tertiary alicyclic amines) is 1. The van der Waals surface area contributed by atoms with Crippen molar-refractivity contribution in [1.82, 2.24) is 20.9 Å². The molecule has 7 amide bonds. The van der Waals surface area contributed by atoms with Gasteiger partial charge in [0.25, 0.3) is 0 Å². The van der Waals surface area contributed by atoms with E-state index in [1.54, 1.807) is 38.1 Å². The Balaban J connectivity index is 0.00000135. The molecular formula is C31H48N6O8S. The third kappa shape index (κ3) is 15.7. The first-order valence-electron chi connectivity index (χ1n) is 15.3. The average Bonchev–Trinajstić information content (AvgIpc) is 3.28. The van der Waals surface area contributed by atoms with Crippen LogP contribution in [0.5, 0.6) is 0 Å². The maximum Gasteiger partial charge on any atom is 0.312 e. The Labute approximate surface area is 274 Å². The van der Waals surface area contributed by atoms with E-state index < -0.39 is 23.9 Å². The fourth-order valence-electron chi connectivity index (χ4n) is 4.18. The van der Waals surface area contributed by atoms with Crippen molar-refractivity contribution in [2.75, 3.05) is 31.2 Å². The maximum absolute atomic E-state index is 12.7. The number of carbonyl (C=O) groups is 7. The molecule has 0 radical (unpaired) electrons. The number of rotatable bonds is 17. The van der Waals surface area contributed by atoms with Crippen LogP contribution in [-0.2, 0) is 40.1 Å². The molecule has 1 aliphatic heterocycles. The minimum absolute atomic E-state index is 0.140. The summed E-state index contributed by atoms with van der Waals surface area (Å²) in [6.45, 7) is 7.80. The van der Waals surface area contributed by atoms with Gasteiger partial charge in [-0.05, 0) is 49.1 Å². The third-order valence-corrected chi connectivity index (χ3v) is 7.63. The zero-order valence-electron chi connectivity index (χ0n) is 27.3. The van der Waals surface area contributed by atoms with Crippen LogP contribution in [0.25, 0.3) is 0 Å². The molecule has 2 unspecified atom stereocenters. The predicted molar refractivity (Wildman–Crippen MR) is 175 cm³/mol. The van der Waals surface area contributed by atoms with E-state index in [0.29, 0.717) is 38.0 Å². The first-order valence-corrected chi connectivity index (χ1v) is 16.6. The summed E-state index contributed by atoms with van der Waals surface area (Å²) >= 11 is 1.38. The summed E-state index contributed by atoms with van der Waals surface area (Å²) in [5.41, 5.74) is 6.02. The highest BCUT2D eigenvalue weighted by molar-refractivity contribution is 8.00. The average molecular weight is 665 g/mol. The van der Waals surface area contributed by atoms with Gasteiger partial charge in [0.05, 0.1) is 11.8 Å². The zero-order valence-corrected chi connectivity index (χ0v) is 28.1. The quantitative estimate of drug-likeness (QED) is 0.0937. The van der Waals surface area contributed by atoms with Crippen molar-refractivity contribution < 1.29 is 38.3 Å². The van der Waals surface area contributed by atoms with Gasteiger partial charge in [0.15, 0.2) is 0 Å². The molecule has 2 rings (SSSR count). The molecule has 0 saturated carbocycles. The summed E-state index contributed by atoms with van der Waals surface area (Å²) in [4.78, 5) is 83.6. The Morgan fingerprint density at radius 3 is 2.22 bits per heavy atom. The van der Waals surface area contributed by atoms with Gasteiger partial charge in [-0.2, -0.15) is 11.8 Å². The fraction of sp³-hybridized carbons (Fsp3) is 0.581. The highest BCUT2D eigenvalue weighted by Gasteiger charge is 2.37. The number of carbonyl (C=O) groups excluding carboxylic acids is 7. The second kappa shape index (κ2) is 21.6. The number of anilines is 1. The Kier molecular flexibility index (Phi) is 18.7. The number of esters is 1.